The third-order valence-electron chi connectivity index (χ3n) is 4.91. The number of rotatable bonds is 5. The number of nitrogens with two attached hydrogens (primary N) is 1. The van der Waals surface area contributed by atoms with Gasteiger partial charge in [-0.2, -0.15) is 0 Å². The number of likely N-dealkylation sites (tertiary alicyclic amines) is 1. The molecule has 25 heavy (non-hydrogen) atoms. The first-order valence-electron chi connectivity index (χ1n) is 8.82. The smallest absolute Gasteiger partial charge is 0.254 e. The summed E-state index contributed by atoms with van der Waals surface area (Å²) in [5.74, 6) is 0.316. The molecule has 2 amide bonds. The largest absolute Gasteiger partial charge is 0.369 e. The number of primary amides is 1. The standard InChI is InChI=1S/C17H24N4O3S/c1-2-3-12-8-15(23)21-13(10-25-17(21)19-12)9-14(22)20-6-4-11(5-7-20)16(18)24/h8,11,13H,2-7,9-10H2,1H3,(H2,18,24). The third-order valence-corrected chi connectivity index (χ3v) is 6.01. The van der Waals surface area contributed by atoms with Gasteiger partial charge in [0.15, 0.2) is 5.16 Å². The minimum Gasteiger partial charge on any atom is -0.369 e. The van der Waals surface area contributed by atoms with Crippen molar-refractivity contribution < 1.29 is 9.59 Å². The van der Waals surface area contributed by atoms with Crippen LogP contribution in [0.1, 0.15) is 44.3 Å². The van der Waals surface area contributed by atoms with Crippen molar-refractivity contribution in [3.8, 4) is 0 Å². The summed E-state index contributed by atoms with van der Waals surface area (Å²) >= 11 is 1.54. The van der Waals surface area contributed by atoms with Gasteiger partial charge < -0.3 is 10.6 Å². The highest BCUT2D eigenvalue weighted by Crippen LogP contribution is 2.33. The molecule has 1 saturated heterocycles. The Labute approximate surface area is 151 Å². The summed E-state index contributed by atoms with van der Waals surface area (Å²) in [4.78, 5) is 42.6. The number of thioether (sulfide) groups is 1. The zero-order valence-corrected chi connectivity index (χ0v) is 15.3. The van der Waals surface area contributed by atoms with Crippen LogP contribution in [0.4, 0.5) is 0 Å². The summed E-state index contributed by atoms with van der Waals surface area (Å²) in [6.45, 7) is 3.17. The van der Waals surface area contributed by atoms with Crippen molar-refractivity contribution in [2.45, 2.75) is 50.2 Å². The molecule has 1 unspecified atom stereocenters. The molecule has 136 valence electrons. The van der Waals surface area contributed by atoms with Crippen LogP contribution in [0.5, 0.6) is 0 Å². The molecular formula is C17H24N4O3S. The number of carbonyl (C=O) groups is 2. The minimum absolute atomic E-state index is 0.0332. The summed E-state index contributed by atoms with van der Waals surface area (Å²) in [6.07, 6.45) is 3.29. The second-order valence-electron chi connectivity index (χ2n) is 6.71. The number of aryl methyl sites for hydroxylation is 1. The van der Waals surface area contributed by atoms with E-state index in [0.29, 0.717) is 38.1 Å². The fourth-order valence-electron chi connectivity index (χ4n) is 3.48. The van der Waals surface area contributed by atoms with Gasteiger partial charge in [0.2, 0.25) is 11.8 Å². The molecule has 1 atom stereocenters. The Morgan fingerprint density at radius 3 is 2.72 bits per heavy atom. The van der Waals surface area contributed by atoms with E-state index in [9.17, 15) is 14.4 Å². The fraction of sp³-hybridized carbons (Fsp3) is 0.647. The molecule has 2 aliphatic rings. The number of amides is 2. The minimum atomic E-state index is -0.284. The van der Waals surface area contributed by atoms with Gasteiger partial charge in [0, 0.05) is 42.9 Å². The normalized spacial score (nSPS) is 20.5. The fourth-order valence-corrected chi connectivity index (χ4v) is 4.65. The molecule has 0 aromatic carbocycles. The molecule has 0 bridgehead atoms. The van der Waals surface area contributed by atoms with Crippen molar-refractivity contribution in [2.75, 3.05) is 18.8 Å². The molecule has 1 fully saturated rings. The van der Waals surface area contributed by atoms with Crippen molar-refractivity contribution >= 4 is 23.6 Å². The Balaban J connectivity index is 1.65. The van der Waals surface area contributed by atoms with Gasteiger partial charge in [-0.15, -0.1) is 0 Å². The van der Waals surface area contributed by atoms with Gasteiger partial charge in [-0.3, -0.25) is 19.0 Å². The first-order valence-corrected chi connectivity index (χ1v) is 9.80. The van der Waals surface area contributed by atoms with E-state index in [4.69, 9.17) is 5.73 Å². The van der Waals surface area contributed by atoms with Crippen LogP contribution >= 0.6 is 11.8 Å². The first kappa shape index (κ1) is 18.0. The summed E-state index contributed by atoms with van der Waals surface area (Å²) in [7, 11) is 0. The zero-order chi connectivity index (χ0) is 18.0. The van der Waals surface area contributed by atoms with E-state index >= 15 is 0 Å². The van der Waals surface area contributed by atoms with E-state index in [1.807, 2.05) is 0 Å². The number of aromatic nitrogens is 2. The highest BCUT2D eigenvalue weighted by Gasteiger charge is 2.31. The second kappa shape index (κ2) is 7.59. The maximum atomic E-state index is 12.6. The predicted octanol–water partition coefficient (Wildman–Crippen LogP) is 0.957. The number of hydrogen-bond donors (Lipinski definition) is 1. The lowest BCUT2D eigenvalue weighted by atomic mass is 9.96. The van der Waals surface area contributed by atoms with Crippen molar-refractivity contribution in [3.05, 3.63) is 22.1 Å². The average molecular weight is 364 g/mol. The van der Waals surface area contributed by atoms with Gasteiger partial charge >= 0.3 is 0 Å². The summed E-state index contributed by atoms with van der Waals surface area (Å²) in [5, 5.41) is 0.723. The maximum absolute atomic E-state index is 12.6. The molecule has 8 heteroatoms. The monoisotopic (exact) mass is 364 g/mol. The molecule has 0 radical (unpaired) electrons. The van der Waals surface area contributed by atoms with E-state index < -0.39 is 0 Å². The van der Waals surface area contributed by atoms with Crippen LogP contribution in [0.2, 0.25) is 0 Å². The molecule has 3 heterocycles. The highest BCUT2D eigenvalue weighted by molar-refractivity contribution is 7.99. The van der Waals surface area contributed by atoms with Crippen LogP contribution in [-0.2, 0) is 16.0 Å². The number of carbonyl (C=O) groups excluding carboxylic acids is 2. The lowest BCUT2D eigenvalue weighted by Crippen LogP contribution is -2.42. The lowest BCUT2D eigenvalue weighted by molar-refractivity contribution is -0.135. The SMILES string of the molecule is CCCc1cc(=O)n2c(n1)SCC2CC(=O)N1CCC(C(N)=O)CC1. The predicted molar refractivity (Wildman–Crippen MR) is 95.4 cm³/mol. The Bertz CT molecular complexity index is 725. The number of fused-ring (bicyclic) bond motifs is 1. The Morgan fingerprint density at radius 1 is 1.36 bits per heavy atom. The van der Waals surface area contributed by atoms with E-state index in [1.165, 1.54) is 0 Å². The highest BCUT2D eigenvalue weighted by atomic mass is 32.2. The van der Waals surface area contributed by atoms with Gasteiger partial charge in [-0.05, 0) is 19.3 Å². The van der Waals surface area contributed by atoms with Gasteiger partial charge in [0.05, 0.1) is 6.04 Å². The van der Waals surface area contributed by atoms with Crippen LogP contribution in [0.25, 0.3) is 0 Å². The quantitative estimate of drug-likeness (QED) is 0.785. The van der Waals surface area contributed by atoms with Crippen LogP contribution < -0.4 is 11.3 Å². The van der Waals surface area contributed by atoms with E-state index in [2.05, 4.69) is 11.9 Å². The van der Waals surface area contributed by atoms with E-state index in [1.54, 1.807) is 27.3 Å². The van der Waals surface area contributed by atoms with Crippen molar-refractivity contribution in [2.24, 2.45) is 11.7 Å². The Hall–Kier alpha value is -1.83. The summed E-state index contributed by atoms with van der Waals surface area (Å²) in [6, 6.07) is 1.45. The van der Waals surface area contributed by atoms with Gasteiger partial charge in [0.25, 0.3) is 5.56 Å². The van der Waals surface area contributed by atoms with Gasteiger partial charge in [-0.1, -0.05) is 25.1 Å². The molecule has 1 aromatic heterocycles. The molecule has 1 aromatic rings. The van der Waals surface area contributed by atoms with Crippen molar-refractivity contribution in [3.63, 3.8) is 0 Å². The van der Waals surface area contributed by atoms with Gasteiger partial charge in [-0.25, -0.2) is 4.98 Å². The van der Waals surface area contributed by atoms with Crippen LogP contribution in [-0.4, -0.2) is 45.1 Å². The number of nitrogens with zero attached hydrogens (tertiary/aromatic N) is 3. The molecule has 0 aliphatic carbocycles. The van der Waals surface area contributed by atoms with Crippen molar-refractivity contribution in [1.29, 1.82) is 0 Å². The van der Waals surface area contributed by atoms with Crippen LogP contribution in [0.3, 0.4) is 0 Å². The van der Waals surface area contributed by atoms with E-state index in [0.717, 1.165) is 23.7 Å². The second-order valence-corrected chi connectivity index (χ2v) is 7.70. The van der Waals surface area contributed by atoms with Crippen molar-refractivity contribution in [1.82, 2.24) is 14.5 Å². The molecular weight excluding hydrogens is 340 g/mol. The Kier molecular flexibility index (Phi) is 5.46. The lowest BCUT2D eigenvalue weighted by Gasteiger charge is -2.31. The molecule has 0 spiro atoms. The Morgan fingerprint density at radius 2 is 2.08 bits per heavy atom. The first-order chi connectivity index (χ1) is 12.0. The summed E-state index contributed by atoms with van der Waals surface area (Å²) in [5.41, 5.74) is 6.09. The molecule has 2 aliphatic heterocycles. The zero-order valence-electron chi connectivity index (χ0n) is 14.4. The average Bonchev–Trinajstić information content (AvgIpc) is 2.98. The topological polar surface area (TPSA) is 98.3 Å². The third kappa shape index (κ3) is 3.89. The number of hydrogen-bond acceptors (Lipinski definition) is 5. The molecule has 2 N–H and O–H groups in total. The van der Waals surface area contributed by atoms with Gasteiger partial charge in [0.1, 0.15) is 0 Å². The maximum Gasteiger partial charge on any atom is 0.254 e. The van der Waals surface area contributed by atoms with E-state index in [-0.39, 0.29) is 29.3 Å². The van der Waals surface area contributed by atoms with Crippen LogP contribution in [0.15, 0.2) is 16.0 Å². The molecule has 7 nitrogen and oxygen atoms in total. The summed E-state index contributed by atoms with van der Waals surface area (Å²) < 4.78 is 1.66. The molecule has 0 saturated carbocycles. The van der Waals surface area contributed by atoms with Crippen LogP contribution in [0, 0.1) is 5.92 Å². The number of piperidine rings is 1. The molecule has 3 rings (SSSR count).